The highest BCUT2D eigenvalue weighted by Crippen LogP contribution is 2.31. The van der Waals surface area contributed by atoms with E-state index in [-0.39, 0.29) is 18.1 Å². The number of nitrogens with one attached hydrogen (secondary N) is 2. The second-order valence-electron chi connectivity index (χ2n) is 5.86. The number of carbonyl (C=O) groups excluding carboxylic acids is 1. The van der Waals surface area contributed by atoms with Crippen molar-refractivity contribution >= 4 is 16.8 Å². The summed E-state index contributed by atoms with van der Waals surface area (Å²) in [6, 6.07) is 7.94. The molecule has 1 aromatic heterocycles. The number of aromatic nitrogens is 2. The van der Waals surface area contributed by atoms with E-state index in [2.05, 4.69) is 22.4 Å². The maximum absolute atomic E-state index is 12.2. The second-order valence-corrected chi connectivity index (χ2v) is 5.86. The van der Waals surface area contributed by atoms with Crippen molar-refractivity contribution < 1.29 is 9.90 Å². The Kier molecular flexibility index (Phi) is 3.92. The molecule has 1 fully saturated rings. The maximum atomic E-state index is 12.2. The number of hydrogen-bond donors (Lipinski definition) is 3. The van der Waals surface area contributed by atoms with Crippen molar-refractivity contribution in [2.24, 2.45) is 5.92 Å². The van der Waals surface area contributed by atoms with Crippen LogP contribution in [0.2, 0.25) is 0 Å². The normalized spacial score (nSPS) is 22.8. The van der Waals surface area contributed by atoms with Gasteiger partial charge in [0.1, 0.15) is 0 Å². The van der Waals surface area contributed by atoms with Crippen LogP contribution in [0.15, 0.2) is 24.3 Å². The zero-order valence-corrected chi connectivity index (χ0v) is 12.2. The van der Waals surface area contributed by atoms with Gasteiger partial charge in [0, 0.05) is 11.4 Å². The molecule has 1 atom stereocenters. The summed E-state index contributed by atoms with van der Waals surface area (Å²) in [5, 5.41) is 20.6. The molecule has 1 unspecified atom stereocenters. The summed E-state index contributed by atoms with van der Waals surface area (Å²) in [6.45, 7) is 2.07. The molecule has 1 saturated carbocycles. The third kappa shape index (κ3) is 2.93. The molecule has 21 heavy (non-hydrogen) atoms. The van der Waals surface area contributed by atoms with Gasteiger partial charge >= 0.3 is 0 Å². The van der Waals surface area contributed by atoms with Gasteiger partial charge in [0.2, 0.25) is 5.91 Å². The molecule has 1 amide bonds. The van der Waals surface area contributed by atoms with E-state index in [1.54, 1.807) is 0 Å². The average molecular weight is 287 g/mol. The number of amides is 1. The Morgan fingerprint density at radius 2 is 2.24 bits per heavy atom. The lowest BCUT2D eigenvalue weighted by Gasteiger charge is -2.37. The van der Waals surface area contributed by atoms with E-state index < -0.39 is 0 Å². The van der Waals surface area contributed by atoms with Gasteiger partial charge in [-0.25, -0.2) is 0 Å². The molecule has 1 aromatic carbocycles. The number of fused-ring (bicyclic) bond motifs is 1. The first kappa shape index (κ1) is 14.1. The van der Waals surface area contributed by atoms with Crippen molar-refractivity contribution in [3.8, 4) is 0 Å². The van der Waals surface area contributed by atoms with Gasteiger partial charge in [-0.05, 0) is 31.2 Å². The molecular weight excluding hydrogens is 266 g/mol. The lowest BCUT2D eigenvalue weighted by Crippen LogP contribution is -2.47. The van der Waals surface area contributed by atoms with E-state index in [9.17, 15) is 9.90 Å². The van der Waals surface area contributed by atoms with Crippen LogP contribution in [0.3, 0.4) is 0 Å². The summed E-state index contributed by atoms with van der Waals surface area (Å²) in [5.41, 5.74) is 1.74. The fourth-order valence-electron chi connectivity index (χ4n) is 3.08. The number of para-hydroxylation sites is 1. The van der Waals surface area contributed by atoms with E-state index in [4.69, 9.17) is 0 Å². The van der Waals surface area contributed by atoms with Gasteiger partial charge in [-0.15, -0.1) is 0 Å². The molecule has 0 spiro atoms. The summed E-state index contributed by atoms with van der Waals surface area (Å²) >= 11 is 0. The number of rotatable bonds is 5. The Bertz CT molecular complexity index is 631. The minimum atomic E-state index is -0.183. The second kappa shape index (κ2) is 5.85. The van der Waals surface area contributed by atoms with Gasteiger partial charge < -0.3 is 10.4 Å². The molecular formula is C16H21N3O2. The Morgan fingerprint density at radius 1 is 1.48 bits per heavy atom. The molecule has 0 bridgehead atoms. The molecule has 1 heterocycles. The number of aliphatic hydroxyl groups excluding tert-OH is 1. The van der Waals surface area contributed by atoms with Crippen LogP contribution in [0.25, 0.3) is 10.9 Å². The van der Waals surface area contributed by atoms with Crippen molar-refractivity contribution in [2.45, 2.75) is 44.8 Å². The van der Waals surface area contributed by atoms with Gasteiger partial charge in [0.25, 0.3) is 0 Å². The van der Waals surface area contributed by atoms with Crippen molar-refractivity contribution in [3.63, 3.8) is 0 Å². The summed E-state index contributed by atoms with van der Waals surface area (Å²) < 4.78 is 0. The standard InChI is InChI=1S/C16H21N3O2/c1-2-13(10-7-11(20)8-10)17-16(21)9-15-12-5-3-4-6-14(12)18-19-15/h3-6,10-11,13,20H,2,7-9H2,1H3,(H,17,21)(H,18,19). The number of aliphatic hydroxyl groups is 1. The number of carbonyl (C=O) groups is 1. The van der Waals surface area contributed by atoms with Gasteiger partial charge in [-0.2, -0.15) is 5.10 Å². The largest absolute Gasteiger partial charge is 0.393 e. The van der Waals surface area contributed by atoms with Crippen molar-refractivity contribution in [3.05, 3.63) is 30.0 Å². The van der Waals surface area contributed by atoms with E-state index in [0.29, 0.717) is 12.3 Å². The summed E-state index contributed by atoms with van der Waals surface area (Å²) in [4.78, 5) is 12.2. The molecule has 3 N–H and O–H groups in total. The van der Waals surface area contributed by atoms with Crippen molar-refractivity contribution in [1.82, 2.24) is 15.5 Å². The Balaban J connectivity index is 1.63. The quantitative estimate of drug-likeness (QED) is 0.784. The smallest absolute Gasteiger partial charge is 0.226 e. The molecule has 5 heteroatoms. The zero-order valence-electron chi connectivity index (χ0n) is 12.2. The predicted octanol–water partition coefficient (Wildman–Crippen LogP) is 1.77. The third-order valence-electron chi connectivity index (χ3n) is 4.38. The lowest BCUT2D eigenvalue weighted by atomic mass is 9.76. The third-order valence-corrected chi connectivity index (χ3v) is 4.38. The van der Waals surface area contributed by atoms with Crippen LogP contribution in [0.4, 0.5) is 0 Å². The highest BCUT2D eigenvalue weighted by atomic mass is 16.3. The van der Waals surface area contributed by atoms with E-state index >= 15 is 0 Å². The first-order chi connectivity index (χ1) is 10.2. The van der Waals surface area contributed by atoms with Crippen LogP contribution in [-0.2, 0) is 11.2 Å². The van der Waals surface area contributed by atoms with Crippen LogP contribution < -0.4 is 5.32 Å². The zero-order chi connectivity index (χ0) is 14.8. The van der Waals surface area contributed by atoms with Gasteiger partial charge in [-0.1, -0.05) is 25.1 Å². The number of hydrogen-bond acceptors (Lipinski definition) is 3. The first-order valence-corrected chi connectivity index (χ1v) is 7.56. The molecule has 0 aliphatic heterocycles. The highest BCUT2D eigenvalue weighted by Gasteiger charge is 2.33. The van der Waals surface area contributed by atoms with Crippen LogP contribution in [0, 0.1) is 5.92 Å². The molecule has 0 radical (unpaired) electrons. The number of aromatic amines is 1. The minimum absolute atomic E-state index is 0.0117. The fourth-order valence-corrected chi connectivity index (χ4v) is 3.08. The fraction of sp³-hybridized carbons (Fsp3) is 0.500. The van der Waals surface area contributed by atoms with Crippen LogP contribution in [0.1, 0.15) is 31.9 Å². The van der Waals surface area contributed by atoms with E-state index in [0.717, 1.165) is 35.9 Å². The van der Waals surface area contributed by atoms with Crippen molar-refractivity contribution in [2.75, 3.05) is 0 Å². The Hall–Kier alpha value is -1.88. The number of nitrogens with zero attached hydrogens (tertiary/aromatic N) is 1. The van der Waals surface area contributed by atoms with Gasteiger partial charge in [0.05, 0.1) is 23.7 Å². The minimum Gasteiger partial charge on any atom is -0.393 e. The highest BCUT2D eigenvalue weighted by molar-refractivity contribution is 5.87. The predicted molar refractivity (Wildman–Crippen MR) is 80.8 cm³/mol. The monoisotopic (exact) mass is 287 g/mol. The first-order valence-electron chi connectivity index (χ1n) is 7.56. The Morgan fingerprint density at radius 3 is 2.95 bits per heavy atom. The lowest BCUT2D eigenvalue weighted by molar-refractivity contribution is -0.122. The molecule has 2 aromatic rings. The van der Waals surface area contributed by atoms with Gasteiger partial charge in [-0.3, -0.25) is 9.89 Å². The maximum Gasteiger partial charge on any atom is 0.226 e. The molecule has 0 saturated heterocycles. The average Bonchev–Trinajstić information content (AvgIpc) is 2.85. The topological polar surface area (TPSA) is 78.0 Å². The SMILES string of the molecule is CCC(NC(=O)Cc1[nH]nc2ccccc12)C1CC(O)C1. The summed E-state index contributed by atoms with van der Waals surface area (Å²) in [6.07, 6.45) is 2.62. The number of benzene rings is 1. The molecule has 3 rings (SSSR count). The van der Waals surface area contributed by atoms with Crippen molar-refractivity contribution in [1.29, 1.82) is 0 Å². The molecule has 1 aliphatic carbocycles. The van der Waals surface area contributed by atoms with Gasteiger partial charge in [0.15, 0.2) is 0 Å². The van der Waals surface area contributed by atoms with E-state index in [1.165, 1.54) is 0 Å². The van der Waals surface area contributed by atoms with Crippen LogP contribution in [0.5, 0.6) is 0 Å². The summed E-state index contributed by atoms with van der Waals surface area (Å²) in [7, 11) is 0. The summed E-state index contributed by atoms with van der Waals surface area (Å²) in [5.74, 6) is 0.421. The molecule has 5 nitrogen and oxygen atoms in total. The van der Waals surface area contributed by atoms with Crippen LogP contribution >= 0.6 is 0 Å². The molecule has 1 aliphatic rings. The number of H-pyrrole nitrogens is 1. The molecule has 112 valence electrons. The van der Waals surface area contributed by atoms with Crippen LogP contribution in [-0.4, -0.2) is 33.4 Å². The van der Waals surface area contributed by atoms with E-state index in [1.807, 2.05) is 24.3 Å². The Labute approximate surface area is 123 Å².